The third-order valence-corrected chi connectivity index (χ3v) is 2.47. The minimum atomic E-state index is -0.387. The first-order valence-corrected chi connectivity index (χ1v) is 4.96. The summed E-state index contributed by atoms with van der Waals surface area (Å²) in [5, 5.41) is 4.17. The third-order valence-electron chi connectivity index (χ3n) is 2.24. The number of rotatable bonds is 2. The van der Waals surface area contributed by atoms with E-state index in [0.29, 0.717) is 29.3 Å². The van der Waals surface area contributed by atoms with Crippen molar-refractivity contribution in [2.45, 2.75) is 12.5 Å². The first-order chi connectivity index (χ1) is 7.20. The van der Waals surface area contributed by atoms with Gasteiger partial charge in [-0.2, -0.15) is 0 Å². The quantitative estimate of drug-likeness (QED) is 0.841. The predicted octanol–water partition coefficient (Wildman–Crippen LogP) is 1.93. The smallest absolute Gasteiger partial charge is 0.145 e. The van der Waals surface area contributed by atoms with Gasteiger partial charge in [0, 0.05) is 23.6 Å². The Kier molecular flexibility index (Phi) is 2.88. The van der Waals surface area contributed by atoms with Gasteiger partial charge in [-0.3, -0.25) is 0 Å². The van der Waals surface area contributed by atoms with E-state index in [1.54, 1.807) is 12.1 Å². The maximum absolute atomic E-state index is 13.5. The van der Waals surface area contributed by atoms with Crippen LogP contribution in [0.1, 0.15) is 12.0 Å². The summed E-state index contributed by atoms with van der Waals surface area (Å²) in [5.41, 5.74) is 6.43. The number of benzene rings is 1. The predicted molar refractivity (Wildman–Crippen MR) is 56.5 cm³/mol. The summed E-state index contributed by atoms with van der Waals surface area (Å²) in [4.78, 5) is 5.02. The molecule has 0 amide bonds. The normalized spacial score (nSPS) is 19.9. The van der Waals surface area contributed by atoms with E-state index >= 15 is 0 Å². The molecule has 0 spiro atoms. The van der Waals surface area contributed by atoms with Gasteiger partial charge in [0.1, 0.15) is 11.9 Å². The fourth-order valence-electron chi connectivity index (χ4n) is 1.44. The molecule has 1 aromatic carbocycles. The SMILES string of the molecule is NCC1CC(c2ccc(Cl)cc2F)=NO1. The monoisotopic (exact) mass is 228 g/mol. The summed E-state index contributed by atoms with van der Waals surface area (Å²) in [6.45, 7) is 0.377. The lowest BCUT2D eigenvalue weighted by atomic mass is 10.0. The molecule has 1 aromatic rings. The maximum atomic E-state index is 13.5. The van der Waals surface area contributed by atoms with Crippen LogP contribution in [-0.4, -0.2) is 18.4 Å². The van der Waals surface area contributed by atoms with Crippen molar-refractivity contribution in [2.24, 2.45) is 10.9 Å². The van der Waals surface area contributed by atoms with Gasteiger partial charge in [-0.1, -0.05) is 16.8 Å². The average molecular weight is 229 g/mol. The van der Waals surface area contributed by atoms with Crippen LogP contribution >= 0.6 is 11.6 Å². The van der Waals surface area contributed by atoms with Crippen molar-refractivity contribution in [1.29, 1.82) is 0 Å². The zero-order valence-electron chi connectivity index (χ0n) is 7.91. The van der Waals surface area contributed by atoms with E-state index in [0.717, 1.165) is 0 Å². The second-order valence-electron chi connectivity index (χ2n) is 3.33. The van der Waals surface area contributed by atoms with Gasteiger partial charge < -0.3 is 10.6 Å². The first-order valence-electron chi connectivity index (χ1n) is 4.59. The Morgan fingerprint density at radius 3 is 3.00 bits per heavy atom. The van der Waals surface area contributed by atoms with Crippen molar-refractivity contribution in [1.82, 2.24) is 0 Å². The number of nitrogens with two attached hydrogens (primary N) is 1. The van der Waals surface area contributed by atoms with Crippen molar-refractivity contribution in [3.8, 4) is 0 Å². The van der Waals surface area contributed by atoms with Gasteiger partial charge in [0.05, 0.1) is 5.71 Å². The lowest BCUT2D eigenvalue weighted by molar-refractivity contribution is 0.0918. The van der Waals surface area contributed by atoms with Crippen molar-refractivity contribution in [3.63, 3.8) is 0 Å². The van der Waals surface area contributed by atoms with E-state index < -0.39 is 0 Å². The zero-order valence-corrected chi connectivity index (χ0v) is 8.67. The summed E-state index contributed by atoms with van der Waals surface area (Å²) >= 11 is 5.65. The molecule has 1 aliphatic rings. The number of oxime groups is 1. The number of hydrogen-bond donors (Lipinski definition) is 1. The highest BCUT2D eigenvalue weighted by molar-refractivity contribution is 6.30. The standard InChI is InChI=1S/C10H10ClFN2O/c11-6-1-2-8(9(12)3-6)10-4-7(5-13)15-14-10/h1-3,7H,4-5,13H2. The Balaban J connectivity index is 2.24. The lowest BCUT2D eigenvalue weighted by Gasteiger charge is -2.03. The summed E-state index contributed by atoms with van der Waals surface area (Å²) in [6, 6.07) is 4.48. The molecule has 0 bridgehead atoms. The van der Waals surface area contributed by atoms with Gasteiger partial charge in [-0.15, -0.1) is 0 Å². The summed E-state index contributed by atoms with van der Waals surface area (Å²) in [7, 11) is 0. The fourth-order valence-corrected chi connectivity index (χ4v) is 1.60. The molecule has 0 saturated heterocycles. The van der Waals surface area contributed by atoms with Crippen LogP contribution < -0.4 is 5.73 Å². The Morgan fingerprint density at radius 2 is 2.40 bits per heavy atom. The Morgan fingerprint density at radius 1 is 1.60 bits per heavy atom. The molecule has 2 N–H and O–H groups in total. The highest BCUT2D eigenvalue weighted by Gasteiger charge is 2.22. The largest absolute Gasteiger partial charge is 0.390 e. The molecule has 0 fully saturated rings. The second kappa shape index (κ2) is 4.16. The topological polar surface area (TPSA) is 47.6 Å². The molecule has 0 aromatic heterocycles. The summed E-state index contributed by atoms with van der Waals surface area (Å²) < 4.78 is 13.5. The van der Waals surface area contributed by atoms with Gasteiger partial charge in [0.15, 0.2) is 0 Å². The Hall–Kier alpha value is -1.13. The highest BCUT2D eigenvalue weighted by Crippen LogP contribution is 2.21. The molecule has 0 aliphatic carbocycles. The van der Waals surface area contributed by atoms with E-state index in [-0.39, 0.29) is 11.9 Å². The number of hydrogen-bond acceptors (Lipinski definition) is 3. The van der Waals surface area contributed by atoms with Crippen LogP contribution in [0.15, 0.2) is 23.4 Å². The Labute approximate surface area is 91.7 Å². The van der Waals surface area contributed by atoms with Crippen molar-refractivity contribution in [3.05, 3.63) is 34.6 Å². The molecular weight excluding hydrogens is 219 g/mol. The van der Waals surface area contributed by atoms with Crippen LogP contribution in [-0.2, 0) is 4.84 Å². The van der Waals surface area contributed by atoms with Gasteiger partial charge in [0.2, 0.25) is 0 Å². The molecule has 15 heavy (non-hydrogen) atoms. The van der Waals surface area contributed by atoms with Crippen LogP contribution in [0, 0.1) is 5.82 Å². The van der Waals surface area contributed by atoms with Gasteiger partial charge in [-0.05, 0) is 18.2 Å². The second-order valence-corrected chi connectivity index (χ2v) is 3.77. The van der Waals surface area contributed by atoms with E-state index in [1.807, 2.05) is 0 Å². The molecule has 2 rings (SSSR count). The molecule has 0 saturated carbocycles. The van der Waals surface area contributed by atoms with Crippen LogP contribution in [0.5, 0.6) is 0 Å². The highest BCUT2D eigenvalue weighted by atomic mass is 35.5. The lowest BCUT2D eigenvalue weighted by Crippen LogP contribution is -2.20. The van der Waals surface area contributed by atoms with Crippen LogP contribution in [0.25, 0.3) is 0 Å². The van der Waals surface area contributed by atoms with Crippen molar-refractivity contribution < 1.29 is 9.23 Å². The average Bonchev–Trinajstić information content (AvgIpc) is 2.66. The van der Waals surface area contributed by atoms with Crippen molar-refractivity contribution >= 4 is 17.3 Å². The molecule has 1 unspecified atom stereocenters. The maximum Gasteiger partial charge on any atom is 0.145 e. The molecule has 80 valence electrons. The number of nitrogens with zero attached hydrogens (tertiary/aromatic N) is 1. The molecule has 3 nitrogen and oxygen atoms in total. The first kappa shape index (κ1) is 10.4. The summed E-state index contributed by atoms with van der Waals surface area (Å²) in [5.74, 6) is -0.387. The van der Waals surface area contributed by atoms with Crippen LogP contribution in [0.3, 0.4) is 0 Å². The van der Waals surface area contributed by atoms with E-state index in [9.17, 15) is 4.39 Å². The third kappa shape index (κ3) is 2.11. The van der Waals surface area contributed by atoms with E-state index in [4.69, 9.17) is 22.2 Å². The molecule has 1 aliphatic heterocycles. The van der Waals surface area contributed by atoms with E-state index in [2.05, 4.69) is 5.16 Å². The fraction of sp³-hybridized carbons (Fsp3) is 0.300. The van der Waals surface area contributed by atoms with Gasteiger partial charge in [-0.25, -0.2) is 4.39 Å². The Bertz CT molecular complexity index is 408. The minimum absolute atomic E-state index is 0.143. The molecule has 1 heterocycles. The minimum Gasteiger partial charge on any atom is -0.390 e. The molecule has 1 atom stereocenters. The molecule has 5 heteroatoms. The summed E-state index contributed by atoms with van der Waals surface area (Å²) in [6.07, 6.45) is 0.393. The van der Waals surface area contributed by atoms with E-state index in [1.165, 1.54) is 6.07 Å². The van der Waals surface area contributed by atoms with Crippen LogP contribution in [0.4, 0.5) is 4.39 Å². The zero-order chi connectivity index (χ0) is 10.8. The van der Waals surface area contributed by atoms with Gasteiger partial charge in [0.25, 0.3) is 0 Å². The van der Waals surface area contributed by atoms with Gasteiger partial charge >= 0.3 is 0 Å². The van der Waals surface area contributed by atoms with Crippen LogP contribution in [0.2, 0.25) is 5.02 Å². The van der Waals surface area contributed by atoms with Crippen molar-refractivity contribution in [2.75, 3.05) is 6.54 Å². The molecule has 0 radical (unpaired) electrons. The number of halogens is 2. The molecular formula is C10H10ClFN2O.